The smallest absolute Gasteiger partial charge is 0.255 e. The Bertz CT molecular complexity index is 254. The van der Waals surface area contributed by atoms with E-state index in [-0.39, 0.29) is 5.91 Å². The van der Waals surface area contributed by atoms with E-state index in [4.69, 9.17) is 5.11 Å². The van der Waals surface area contributed by atoms with E-state index in [0.717, 1.165) is 5.69 Å². The van der Waals surface area contributed by atoms with Gasteiger partial charge in [0.1, 0.15) is 6.10 Å². The van der Waals surface area contributed by atoms with Gasteiger partial charge in [-0.05, 0) is 13.0 Å². The number of carbonyl (C=O) groups excluding carboxylic acids is 1. The topological polar surface area (TPSA) is 56.3 Å². The average Bonchev–Trinajstić information content (AvgIpc) is 2.53. The minimum atomic E-state index is -0.954. The summed E-state index contributed by atoms with van der Waals surface area (Å²) in [6, 6.07) is 1.76. The summed E-state index contributed by atoms with van der Waals surface area (Å²) in [5.74, 6) is -0.311. The van der Waals surface area contributed by atoms with Crippen molar-refractivity contribution in [1.29, 1.82) is 0 Å². The van der Waals surface area contributed by atoms with Crippen molar-refractivity contribution in [3.8, 4) is 0 Å². The van der Waals surface area contributed by atoms with Gasteiger partial charge in [0.2, 0.25) is 0 Å². The molecule has 0 fully saturated rings. The van der Waals surface area contributed by atoms with Crippen LogP contribution in [0.25, 0.3) is 0 Å². The minimum Gasteiger partial charge on any atom is -0.384 e. The number of carbonyl (C=O) groups is 1. The number of aromatic amines is 1. The van der Waals surface area contributed by atoms with Gasteiger partial charge in [0.15, 0.2) is 0 Å². The zero-order chi connectivity index (χ0) is 9.14. The molecule has 1 atom stereocenters. The molecule has 1 rings (SSSR count). The molecule has 0 aromatic carbocycles. The second-order valence-electron chi connectivity index (χ2n) is 2.64. The van der Waals surface area contributed by atoms with Crippen molar-refractivity contribution in [3.63, 3.8) is 0 Å². The minimum absolute atomic E-state index is 0.311. The fraction of sp³-hybridized carbons (Fsp3) is 0.375. The lowest BCUT2D eigenvalue weighted by molar-refractivity contribution is -0.125. The Morgan fingerprint density at radius 1 is 1.75 bits per heavy atom. The van der Waals surface area contributed by atoms with Gasteiger partial charge in [0.05, 0.1) is 5.69 Å². The fourth-order valence-electron chi connectivity index (χ4n) is 0.931. The summed E-state index contributed by atoms with van der Waals surface area (Å²) in [5.41, 5.74) is 0.751. The summed E-state index contributed by atoms with van der Waals surface area (Å²) in [4.78, 5) is 15.4. The summed E-state index contributed by atoms with van der Waals surface area (Å²) < 4.78 is 0. The molecule has 0 saturated heterocycles. The van der Waals surface area contributed by atoms with Crippen LogP contribution in [0.3, 0.4) is 0 Å². The highest BCUT2D eigenvalue weighted by Crippen LogP contribution is 2.10. The second kappa shape index (κ2) is 3.40. The number of likely N-dealkylation sites (N-methyl/N-ethyl adjacent to an activating group) is 1. The van der Waals surface area contributed by atoms with Gasteiger partial charge in [0, 0.05) is 19.4 Å². The highest BCUT2D eigenvalue weighted by Gasteiger charge is 2.15. The van der Waals surface area contributed by atoms with E-state index in [0.29, 0.717) is 0 Å². The fourth-order valence-corrected chi connectivity index (χ4v) is 0.931. The zero-order valence-electron chi connectivity index (χ0n) is 7.11. The Hall–Kier alpha value is -1.29. The number of anilines is 1. The van der Waals surface area contributed by atoms with Crippen LogP contribution in [-0.2, 0) is 4.79 Å². The van der Waals surface area contributed by atoms with Crippen LogP contribution in [0.15, 0.2) is 18.5 Å². The van der Waals surface area contributed by atoms with Crippen molar-refractivity contribution in [3.05, 3.63) is 18.5 Å². The normalized spacial score (nSPS) is 12.6. The van der Waals surface area contributed by atoms with E-state index >= 15 is 0 Å². The van der Waals surface area contributed by atoms with Crippen molar-refractivity contribution in [2.45, 2.75) is 13.0 Å². The Labute approximate surface area is 70.8 Å². The molecule has 1 heterocycles. The molecule has 1 amide bonds. The first-order chi connectivity index (χ1) is 5.63. The summed E-state index contributed by atoms with van der Waals surface area (Å²) >= 11 is 0. The number of nitrogens with zero attached hydrogens (tertiary/aromatic N) is 1. The Kier molecular flexibility index (Phi) is 2.50. The third-order valence-corrected chi connectivity index (χ3v) is 1.66. The molecule has 0 aliphatic carbocycles. The van der Waals surface area contributed by atoms with Gasteiger partial charge in [0.25, 0.3) is 5.91 Å². The largest absolute Gasteiger partial charge is 0.384 e. The number of hydrogen-bond donors (Lipinski definition) is 2. The number of aliphatic hydroxyl groups excluding tert-OH is 1. The van der Waals surface area contributed by atoms with Crippen molar-refractivity contribution < 1.29 is 9.90 Å². The number of aromatic nitrogens is 1. The SMILES string of the molecule is CC(O)C(=O)N(C)c1cc[nH]c1. The monoisotopic (exact) mass is 168 g/mol. The highest BCUT2D eigenvalue weighted by molar-refractivity contribution is 5.95. The van der Waals surface area contributed by atoms with E-state index in [9.17, 15) is 4.79 Å². The predicted molar refractivity (Wildman–Crippen MR) is 45.9 cm³/mol. The molecular weight excluding hydrogens is 156 g/mol. The van der Waals surface area contributed by atoms with Crippen LogP contribution in [-0.4, -0.2) is 29.1 Å². The molecule has 0 saturated carbocycles. The molecule has 1 unspecified atom stereocenters. The van der Waals surface area contributed by atoms with Crippen LogP contribution < -0.4 is 4.90 Å². The lowest BCUT2D eigenvalue weighted by Gasteiger charge is -2.16. The molecule has 66 valence electrons. The van der Waals surface area contributed by atoms with Gasteiger partial charge in [-0.15, -0.1) is 0 Å². The molecule has 4 nitrogen and oxygen atoms in total. The van der Waals surface area contributed by atoms with Crippen LogP contribution in [0.1, 0.15) is 6.92 Å². The summed E-state index contributed by atoms with van der Waals surface area (Å²) in [6.45, 7) is 1.45. The quantitative estimate of drug-likeness (QED) is 0.669. The van der Waals surface area contributed by atoms with Crippen molar-refractivity contribution in [2.24, 2.45) is 0 Å². The molecule has 4 heteroatoms. The van der Waals surface area contributed by atoms with Crippen molar-refractivity contribution >= 4 is 11.6 Å². The van der Waals surface area contributed by atoms with E-state index < -0.39 is 6.10 Å². The van der Waals surface area contributed by atoms with Gasteiger partial charge in [-0.25, -0.2) is 0 Å². The van der Waals surface area contributed by atoms with Gasteiger partial charge >= 0.3 is 0 Å². The second-order valence-corrected chi connectivity index (χ2v) is 2.64. The predicted octanol–water partition coefficient (Wildman–Crippen LogP) is 0.358. The lowest BCUT2D eigenvalue weighted by Crippen LogP contribution is -2.34. The van der Waals surface area contributed by atoms with Crippen LogP contribution in [0, 0.1) is 0 Å². The van der Waals surface area contributed by atoms with Crippen molar-refractivity contribution in [1.82, 2.24) is 4.98 Å². The van der Waals surface area contributed by atoms with E-state index in [1.165, 1.54) is 11.8 Å². The summed E-state index contributed by atoms with van der Waals surface area (Å²) in [5, 5.41) is 8.99. The van der Waals surface area contributed by atoms with Crippen LogP contribution in [0.2, 0.25) is 0 Å². The maximum Gasteiger partial charge on any atom is 0.255 e. The van der Waals surface area contributed by atoms with Gasteiger partial charge in [-0.1, -0.05) is 0 Å². The first-order valence-electron chi connectivity index (χ1n) is 3.71. The average molecular weight is 168 g/mol. The van der Waals surface area contributed by atoms with Gasteiger partial charge < -0.3 is 15.0 Å². The number of H-pyrrole nitrogens is 1. The van der Waals surface area contributed by atoms with Crippen LogP contribution in [0.4, 0.5) is 5.69 Å². The molecule has 1 aromatic rings. The molecule has 0 bridgehead atoms. The number of nitrogens with one attached hydrogen (secondary N) is 1. The molecule has 1 aromatic heterocycles. The molecular formula is C8H12N2O2. The molecule has 0 radical (unpaired) electrons. The van der Waals surface area contributed by atoms with E-state index in [1.54, 1.807) is 25.5 Å². The first-order valence-corrected chi connectivity index (χ1v) is 3.71. The number of aliphatic hydroxyl groups is 1. The summed E-state index contributed by atoms with van der Waals surface area (Å²) in [7, 11) is 1.62. The first kappa shape index (κ1) is 8.80. The van der Waals surface area contributed by atoms with Gasteiger partial charge in [-0.2, -0.15) is 0 Å². The maximum absolute atomic E-state index is 11.2. The number of hydrogen-bond acceptors (Lipinski definition) is 2. The molecule has 0 aliphatic heterocycles. The van der Waals surface area contributed by atoms with Crippen molar-refractivity contribution in [2.75, 3.05) is 11.9 Å². The Morgan fingerprint density at radius 2 is 2.42 bits per heavy atom. The molecule has 0 spiro atoms. The lowest BCUT2D eigenvalue weighted by atomic mass is 10.3. The maximum atomic E-state index is 11.2. The van der Waals surface area contributed by atoms with Gasteiger partial charge in [-0.3, -0.25) is 4.79 Å². The zero-order valence-corrected chi connectivity index (χ0v) is 7.11. The highest BCUT2D eigenvalue weighted by atomic mass is 16.3. The molecule has 2 N–H and O–H groups in total. The Morgan fingerprint density at radius 3 is 2.83 bits per heavy atom. The third kappa shape index (κ3) is 1.65. The third-order valence-electron chi connectivity index (χ3n) is 1.66. The van der Waals surface area contributed by atoms with E-state index in [1.807, 2.05) is 0 Å². The van der Waals surface area contributed by atoms with E-state index in [2.05, 4.69) is 4.98 Å². The molecule has 0 aliphatic rings. The summed E-state index contributed by atoms with van der Waals surface area (Å²) in [6.07, 6.45) is 2.46. The van der Waals surface area contributed by atoms with Crippen LogP contribution in [0.5, 0.6) is 0 Å². The number of rotatable bonds is 2. The molecule has 12 heavy (non-hydrogen) atoms. The standard InChI is InChI=1S/C8H12N2O2/c1-6(11)8(12)10(2)7-3-4-9-5-7/h3-6,9,11H,1-2H3. The van der Waals surface area contributed by atoms with Crippen LogP contribution >= 0.6 is 0 Å². The number of amides is 1. The Balaban J connectivity index is 2.72.